The first-order valence-electron chi connectivity index (χ1n) is 20.1. The monoisotopic (exact) mass is 736 g/mol. The summed E-state index contributed by atoms with van der Waals surface area (Å²) in [6.07, 6.45) is 0. The van der Waals surface area contributed by atoms with Crippen LogP contribution in [0, 0.1) is 0 Å². The van der Waals surface area contributed by atoms with Gasteiger partial charge in [-0.2, -0.15) is 0 Å². The van der Waals surface area contributed by atoms with Crippen LogP contribution < -0.4 is 0 Å². The van der Waals surface area contributed by atoms with Crippen molar-refractivity contribution >= 4 is 65.6 Å². The van der Waals surface area contributed by atoms with Crippen molar-refractivity contribution in [2.45, 2.75) is 5.41 Å². The zero-order chi connectivity index (χ0) is 37.7. The molecule has 14 rings (SSSR count). The molecule has 0 N–H and O–H groups in total. The minimum absolute atomic E-state index is 0.532. The van der Waals surface area contributed by atoms with Gasteiger partial charge in [-0.05, 0) is 99.1 Å². The molecule has 0 amide bonds. The molecule has 0 bridgehead atoms. The number of benzene rings is 9. The summed E-state index contributed by atoms with van der Waals surface area (Å²) in [4.78, 5) is 0. The second kappa shape index (κ2) is 10.8. The fourth-order valence-electron chi connectivity index (χ4n) is 11.1. The van der Waals surface area contributed by atoms with E-state index in [1.165, 1.54) is 82.8 Å². The van der Waals surface area contributed by atoms with Gasteiger partial charge in [0.05, 0.1) is 27.5 Å². The standard InChI is InChI=1S/C55H32N2O/c1-7-19-45-35(13-1)36-14-2-8-20-46(36)55(45)47-31-33(56-49-21-9-3-15-39(49)40-16-4-10-22-50(40)56)25-27-37(47)38-28-26-34(32-48(38)55)57-51-23-11-5-17-41(51)43-29-30-44-42-18-6-12-24-52(42)58-54(44)53(43)57/h1-32H. The van der Waals surface area contributed by atoms with Crippen LogP contribution in [0.2, 0.25) is 0 Å². The Morgan fingerprint density at radius 3 is 1.40 bits per heavy atom. The molecule has 0 unspecified atom stereocenters. The molecule has 0 atom stereocenters. The fraction of sp³-hybridized carbons (Fsp3) is 0.0182. The first kappa shape index (κ1) is 30.6. The highest BCUT2D eigenvalue weighted by Gasteiger charge is 2.52. The van der Waals surface area contributed by atoms with E-state index < -0.39 is 5.41 Å². The molecule has 3 heteroatoms. The Bertz CT molecular complexity index is 3660. The van der Waals surface area contributed by atoms with Gasteiger partial charge < -0.3 is 13.6 Å². The average Bonchev–Trinajstić information content (AvgIpc) is 4.07. The highest BCUT2D eigenvalue weighted by Crippen LogP contribution is 2.63. The van der Waals surface area contributed by atoms with Crippen LogP contribution in [0.4, 0.5) is 0 Å². The van der Waals surface area contributed by atoms with Crippen molar-refractivity contribution in [3.63, 3.8) is 0 Å². The number of hydrogen-bond donors (Lipinski definition) is 0. The molecule has 0 saturated carbocycles. The fourth-order valence-corrected chi connectivity index (χ4v) is 11.1. The van der Waals surface area contributed by atoms with Gasteiger partial charge in [-0.15, -0.1) is 0 Å². The van der Waals surface area contributed by atoms with Crippen LogP contribution in [-0.4, -0.2) is 9.13 Å². The third-order valence-corrected chi connectivity index (χ3v) is 13.3. The Labute approximate surface area is 333 Å². The molecule has 0 radical (unpaired) electrons. The van der Waals surface area contributed by atoms with Crippen molar-refractivity contribution in [1.82, 2.24) is 9.13 Å². The van der Waals surface area contributed by atoms with E-state index in [-0.39, 0.29) is 0 Å². The summed E-state index contributed by atoms with van der Waals surface area (Å²) in [6, 6.07) is 71.8. The van der Waals surface area contributed by atoms with Gasteiger partial charge in [0.1, 0.15) is 5.58 Å². The lowest BCUT2D eigenvalue weighted by Crippen LogP contribution is -2.26. The Hall–Kier alpha value is -7.62. The largest absolute Gasteiger partial charge is 0.454 e. The molecule has 2 aliphatic rings. The van der Waals surface area contributed by atoms with Crippen molar-refractivity contribution in [3.05, 3.63) is 216 Å². The van der Waals surface area contributed by atoms with Crippen LogP contribution in [0.25, 0.3) is 99.2 Å². The lowest BCUT2D eigenvalue weighted by Gasteiger charge is -2.31. The van der Waals surface area contributed by atoms with Crippen LogP contribution in [0.1, 0.15) is 22.3 Å². The Morgan fingerprint density at radius 1 is 0.328 bits per heavy atom. The number of fused-ring (bicyclic) bond motifs is 20. The third-order valence-electron chi connectivity index (χ3n) is 13.3. The van der Waals surface area contributed by atoms with Crippen LogP contribution in [-0.2, 0) is 5.41 Å². The maximum atomic E-state index is 6.77. The maximum absolute atomic E-state index is 6.77. The lowest BCUT2D eigenvalue weighted by atomic mass is 9.70. The molecule has 3 heterocycles. The summed E-state index contributed by atoms with van der Waals surface area (Å²) in [5.74, 6) is 0. The summed E-state index contributed by atoms with van der Waals surface area (Å²) >= 11 is 0. The van der Waals surface area contributed by atoms with Crippen LogP contribution in [0.5, 0.6) is 0 Å². The third kappa shape index (κ3) is 3.61. The number of aromatic nitrogens is 2. The van der Waals surface area contributed by atoms with E-state index in [2.05, 4.69) is 203 Å². The molecule has 268 valence electrons. The van der Waals surface area contributed by atoms with E-state index in [4.69, 9.17) is 4.42 Å². The molecular formula is C55H32N2O. The van der Waals surface area contributed by atoms with E-state index in [1.807, 2.05) is 0 Å². The SMILES string of the molecule is c1ccc2c(c1)-c1ccccc1C21c2cc(-n3c4ccccc4c4ccccc43)ccc2-c2ccc(-n3c4ccccc4c4ccc5c6ccccc6oc5c43)cc21. The van der Waals surface area contributed by atoms with Crippen LogP contribution >= 0.6 is 0 Å². The van der Waals surface area contributed by atoms with E-state index >= 15 is 0 Å². The summed E-state index contributed by atoms with van der Waals surface area (Å²) in [5.41, 5.74) is 18.7. The Kier molecular flexibility index (Phi) is 5.70. The average molecular weight is 737 g/mol. The molecule has 58 heavy (non-hydrogen) atoms. The number of rotatable bonds is 2. The second-order valence-electron chi connectivity index (χ2n) is 16.0. The first-order chi connectivity index (χ1) is 28.8. The molecule has 3 aromatic heterocycles. The topological polar surface area (TPSA) is 23.0 Å². The molecule has 0 saturated heterocycles. The first-order valence-corrected chi connectivity index (χ1v) is 20.1. The van der Waals surface area contributed by atoms with Gasteiger partial charge in [0, 0.05) is 43.7 Å². The zero-order valence-corrected chi connectivity index (χ0v) is 31.3. The zero-order valence-electron chi connectivity index (χ0n) is 31.3. The predicted molar refractivity (Wildman–Crippen MR) is 239 cm³/mol. The molecular weight excluding hydrogens is 705 g/mol. The van der Waals surface area contributed by atoms with Gasteiger partial charge in [0.2, 0.25) is 0 Å². The van der Waals surface area contributed by atoms with Crippen molar-refractivity contribution in [3.8, 4) is 33.6 Å². The van der Waals surface area contributed by atoms with E-state index in [9.17, 15) is 0 Å². The quantitative estimate of drug-likeness (QED) is 0.173. The molecule has 3 nitrogen and oxygen atoms in total. The summed E-state index contributed by atoms with van der Waals surface area (Å²) in [6.45, 7) is 0. The molecule has 9 aromatic carbocycles. The molecule has 0 aliphatic heterocycles. The van der Waals surface area contributed by atoms with Crippen molar-refractivity contribution in [2.24, 2.45) is 0 Å². The van der Waals surface area contributed by atoms with Gasteiger partial charge >= 0.3 is 0 Å². The highest BCUT2D eigenvalue weighted by molar-refractivity contribution is 6.21. The summed E-state index contributed by atoms with van der Waals surface area (Å²) < 4.78 is 11.7. The second-order valence-corrected chi connectivity index (χ2v) is 16.0. The number of furan rings is 1. The molecule has 0 fully saturated rings. The molecule has 1 spiro atoms. The van der Waals surface area contributed by atoms with Gasteiger partial charge in [-0.3, -0.25) is 0 Å². The van der Waals surface area contributed by atoms with Crippen LogP contribution in [0.3, 0.4) is 0 Å². The highest BCUT2D eigenvalue weighted by atomic mass is 16.3. The summed E-state index contributed by atoms with van der Waals surface area (Å²) in [5, 5.41) is 7.20. The maximum Gasteiger partial charge on any atom is 0.160 e. The van der Waals surface area contributed by atoms with Crippen molar-refractivity contribution < 1.29 is 4.42 Å². The normalized spacial score (nSPS) is 13.7. The van der Waals surface area contributed by atoms with E-state index in [0.29, 0.717) is 0 Å². The molecule has 12 aromatic rings. The van der Waals surface area contributed by atoms with Gasteiger partial charge in [0.15, 0.2) is 5.58 Å². The predicted octanol–water partition coefficient (Wildman–Crippen LogP) is 14.1. The molecule has 2 aliphatic carbocycles. The van der Waals surface area contributed by atoms with Crippen molar-refractivity contribution in [1.29, 1.82) is 0 Å². The lowest BCUT2D eigenvalue weighted by molar-refractivity contribution is 0.671. The Morgan fingerprint density at radius 2 is 0.776 bits per heavy atom. The smallest absolute Gasteiger partial charge is 0.160 e. The van der Waals surface area contributed by atoms with Crippen molar-refractivity contribution in [2.75, 3.05) is 0 Å². The minimum Gasteiger partial charge on any atom is -0.454 e. The number of para-hydroxylation sites is 4. The number of nitrogens with zero attached hydrogens (tertiary/aromatic N) is 2. The summed E-state index contributed by atoms with van der Waals surface area (Å²) in [7, 11) is 0. The van der Waals surface area contributed by atoms with Gasteiger partial charge in [-0.25, -0.2) is 0 Å². The Balaban J connectivity index is 1.10. The van der Waals surface area contributed by atoms with E-state index in [1.54, 1.807) is 0 Å². The van der Waals surface area contributed by atoms with Gasteiger partial charge in [0.25, 0.3) is 0 Å². The van der Waals surface area contributed by atoms with Gasteiger partial charge in [-0.1, -0.05) is 140 Å². The number of hydrogen-bond acceptors (Lipinski definition) is 1. The minimum atomic E-state index is -0.532. The van der Waals surface area contributed by atoms with Crippen LogP contribution in [0.15, 0.2) is 199 Å². The van der Waals surface area contributed by atoms with E-state index in [0.717, 1.165) is 38.7 Å².